The van der Waals surface area contributed by atoms with E-state index in [1.54, 1.807) is 19.9 Å². The van der Waals surface area contributed by atoms with Crippen molar-refractivity contribution in [3.8, 4) is 11.9 Å². The summed E-state index contributed by atoms with van der Waals surface area (Å²) < 4.78 is 1.63. The molecule has 0 atom stereocenters. The Kier molecular flexibility index (Phi) is 5.48. The van der Waals surface area contributed by atoms with Crippen molar-refractivity contribution < 1.29 is 9.90 Å². The summed E-state index contributed by atoms with van der Waals surface area (Å²) in [6.07, 6.45) is 0. The average molecular weight is 456 g/mol. The summed E-state index contributed by atoms with van der Waals surface area (Å²) in [5, 5.41) is 21.4. The summed E-state index contributed by atoms with van der Waals surface area (Å²) in [7, 11) is 0. The monoisotopic (exact) mass is 454 g/mol. The summed E-state index contributed by atoms with van der Waals surface area (Å²) in [5.41, 5.74) is -0.889. The Morgan fingerprint density at radius 1 is 1.29 bits per heavy atom. The lowest BCUT2D eigenvalue weighted by Crippen LogP contribution is -2.28. The highest BCUT2D eigenvalue weighted by Gasteiger charge is 2.29. The Morgan fingerprint density at radius 2 is 1.93 bits per heavy atom. The molecule has 3 aromatic rings. The van der Waals surface area contributed by atoms with Crippen LogP contribution in [0.4, 0.5) is 0 Å². The molecule has 0 fully saturated rings. The number of nitrogens with zero attached hydrogens (tertiary/aromatic N) is 2. The van der Waals surface area contributed by atoms with Gasteiger partial charge >= 0.3 is 0 Å². The Labute approximate surface area is 179 Å². The third-order valence-corrected chi connectivity index (χ3v) is 6.49. The van der Waals surface area contributed by atoms with Crippen LogP contribution < -0.4 is 5.56 Å². The van der Waals surface area contributed by atoms with Crippen molar-refractivity contribution >= 4 is 62.0 Å². The molecule has 2 heterocycles. The van der Waals surface area contributed by atoms with Gasteiger partial charge in [-0.2, -0.15) is 5.26 Å². The van der Waals surface area contributed by atoms with Crippen LogP contribution in [0.15, 0.2) is 16.9 Å². The van der Waals surface area contributed by atoms with E-state index in [0.717, 1.165) is 15.9 Å². The van der Waals surface area contributed by atoms with Crippen LogP contribution in [-0.2, 0) is 0 Å². The van der Waals surface area contributed by atoms with E-state index >= 15 is 0 Å². The van der Waals surface area contributed by atoms with E-state index < -0.39 is 23.3 Å². The van der Waals surface area contributed by atoms with Crippen molar-refractivity contribution in [1.29, 1.82) is 5.26 Å². The fourth-order valence-corrected chi connectivity index (χ4v) is 5.37. The molecule has 9 heteroatoms. The van der Waals surface area contributed by atoms with Crippen molar-refractivity contribution in [1.82, 2.24) is 4.57 Å². The van der Waals surface area contributed by atoms with Gasteiger partial charge in [0, 0.05) is 21.2 Å². The van der Waals surface area contributed by atoms with Crippen molar-refractivity contribution in [3.05, 3.63) is 59.1 Å². The first-order valence-corrected chi connectivity index (χ1v) is 10.0. The number of hydrogen-bond acceptors (Lipinski definition) is 5. The molecule has 1 aromatic carbocycles. The van der Waals surface area contributed by atoms with Crippen LogP contribution in [0.5, 0.6) is 5.88 Å². The third kappa shape index (κ3) is 3.09. The summed E-state index contributed by atoms with van der Waals surface area (Å²) in [5.74, 6) is -1.10. The molecule has 0 saturated heterocycles. The molecule has 0 saturated carbocycles. The van der Waals surface area contributed by atoms with Gasteiger partial charge in [0.15, 0.2) is 0 Å². The molecule has 144 valence electrons. The Bertz CT molecular complexity index is 1250. The van der Waals surface area contributed by atoms with Crippen LogP contribution >= 0.6 is 46.1 Å². The number of halogens is 3. The summed E-state index contributed by atoms with van der Waals surface area (Å²) in [4.78, 5) is 25.9. The largest absolute Gasteiger partial charge is 0.494 e. The highest BCUT2D eigenvalue weighted by atomic mass is 35.5. The Balaban J connectivity index is 2.36. The predicted octanol–water partition coefficient (Wildman–Crippen LogP) is 5.72. The molecule has 1 N–H and O–H groups in total. The number of fused-ring (bicyclic) bond motifs is 1. The number of carbonyl (C=O) groups is 1. The van der Waals surface area contributed by atoms with Gasteiger partial charge in [-0.25, -0.2) is 0 Å². The zero-order valence-electron chi connectivity index (χ0n) is 14.9. The topological polar surface area (TPSA) is 83.1 Å². The molecule has 0 amide bonds. The molecule has 0 spiro atoms. The van der Waals surface area contributed by atoms with Crippen molar-refractivity contribution in [2.24, 2.45) is 0 Å². The molecule has 3 rings (SSSR count). The van der Waals surface area contributed by atoms with E-state index in [4.69, 9.17) is 34.8 Å². The second-order valence-corrected chi connectivity index (χ2v) is 8.69. The Hall–Kier alpha value is -2.04. The number of rotatable bonds is 3. The molecule has 2 aromatic heterocycles. The van der Waals surface area contributed by atoms with Crippen LogP contribution in [0.25, 0.3) is 10.1 Å². The maximum atomic E-state index is 13.3. The van der Waals surface area contributed by atoms with Gasteiger partial charge in [0.1, 0.15) is 11.6 Å². The first-order valence-electron chi connectivity index (χ1n) is 8.10. The normalized spacial score (nSPS) is 11.2. The van der Waals surface area contributed by atoms with Gasteiger partial charge in [-0.15, -0.1) is 11.3 Å². The molecular weight excluding hydrogens is 443 g/mol. The van der Waals surface area contributed by atoms with Gasteiger partial charge in [-0.3, -0.25) is 14.2 Å². The van der Waals surface area contributed by atoms with Crippen LogP contribution in [-0.4, -0.2) is 15.5 Å². The number of nitriles is 1. The first kappa shape index (κ1) is 20.7. The Morgan fingerprint density at radius 3 is 2.50 bits per heavy atom. The molecule has 0 aliphatic carbocycles. The fraction of sp³-hybridized carbons (Fsp3) is 0.211. The summed E-state index contributed by atoms with van der Waals surface area (Å²) >= 11 is 19.7. The SMILES string of the molecule is Cc1c(C(=O)c2sc3cc(Cl)cc(Cl)c3c2Cl)c(O)n(C(C)C)c(=O)c1C#N. The molecule has 0 radical (unpaired) electrons. The first-order chi connectivity index (χ1) is 13.1. The lowest BCUT2D eigenvalue weighted by Gasteiger charge is -2.17. The van der Waals surface area contributed by atoms with Gasteiger partial charge < -0.3 is 5.11 Å². The van der Waals surface area contributed by atoms with E-state index in [-0.39, 0.29) is 26.6 Å². The lowest BCUT2D eigenvalue weighted by molar-refractivity contribution is 0.103. The number of ketones is 1. The van der Waals surface area contributed by atoms with E-state index in [1.165, 1.54) is 13.0 Å². The molecular formula is C19H13Cl3N2O3S. The number of aromatic hydroxyl groups is 1. The summed E-state index contributed by atoms with van der Waals surface area (Å²) in [6, 6.07) is 4.52. The molecule has 0 bridgehead atoms. The number of hydrogen-bond donors (Lipinski definition) is 1. The zero-order chi connectivity index (χ0) is 20.9. The van der Waals surface area contributed by atoms with Crippen molar-refractivity contribution in [3.63, 3.8) is 0 Å². The van der Waals surface area contributed by atoms with Crippen LogP contribution in [0.1, 0.15) is 46.3 Å². The number of pyridine rings is 1. The van der Waals surface area contributed by atoms with E-state index in [0.29, 0.717) is 20.1 Å². The maximum Gasteiger partial charge on any atom is 0.271 e. The molecule has 5 nitrogen and oxygen atoms in total. The number of thiophene rings is 1. The average Bonchev–Trinajstić information content (AvgIpc) is 2.91. The van der Waals surface area contributed by atoms with Gasteiger partial charge in [0.25, 0.3) is 5.56 Å². The van der Waals surface area contributed by atoms with Crippen molar-refractivity contribution in [2.75, 3.05) is 0 Å². The number of benzene rings is 1. The lowest BCUT2D eigenvalue weighted by atomic mass is 10.00. The third-order valence-electron chi connectivity index (χ3n) is 4.35. The predicted molar refractivity (Wildman–Crippen MR) is 112 cm³/mol. The highest BCUT2D eigenvalue weighted by Crippen LogP contribution is 2.43. The minimum atomic E-state index is -0.652. The van der Waals surface area contributed by atoms with Crippen molar-refractivity contribution in [2.45, 2.75) is 26.8 Å². The molecule has 0 aliphatic rings. The van der Waals surface area contributed by atoms with E-state index in [2.05, 4.69) is 0 Å². The minimum Gasteiger partial charge on any atom is -0.494 e. The standard InChI is InChI=1S/C19H13Cl3N2O3S/c1-7(2)24-18(26)10(6-23)8(3)13(19(24)27)16(25)17-15(22)14-11(21)4-9(20)5-12(14)28-17/h4-5,7,27H,1-3H3. The van der Waals surface area contributed by atoms with E-state index in [9.17, 15) is 20.0 Å². The number of aromatic nitrogens is 1. The van der Waals surface area contributed by atoms with Gasteiger partial charge in [0.2, 0.25) is 11.7 Å². The van der Waals surface area contributed by atoms with Gasteiger partial charge in [-0.05, 0) is 38.5 Å². The fourth-order valence-electron chi connectivity index (χ4n) is 3.04. The second-order valence-electron chi connectivity index (χ2n) is 6.41. The maximum absolute atomic E-state index is 13.3. The van der Waals surface area contributed by atoms with Gasteiger partial charge in [-0.1, -0.05) is 34.8 Å². The molecule has 28 heavy (non-hydrogen) atoms. The smallest absolute Gasteiger partial charge is 0.271 e. The quantitative estimate of drug-likeness (QED) is 0.512. The van der Waals surface area contributed by atoms with Crippen LogP contribution in [0, 0.1) is 18.3 Å². The van der Waals surface area contributed by atoms with E-state index in [1.807, 2.05) is 6.07 Å². The number of carbonyl (C=O) groups excluding carboxylic acids is 1. The molecule has 0 aliphatic heterocycles. The zero-order valence-corrected chi connectivity index (χ0v) is 18.0. The van der Waals surface area contributed by atoms with Crippen LogP contribution in [0.3, 0.4) is 0 Å². The molecule has 0 unspecified atom stereocenters. The summed E-state index contributed by atoms with van der Waals surface area (Å²) in [6.45, 7) is 4.78. The minimum absolute atomic E-state index is 0.101. The second kappa shape index (κ2) is 7.41. The van der Waals surface area contributed by atoms with Gasteiger partial charge in [0.05, 0.1) is 20.5 Å². The highest BCUT2D eigenvalue weighted by molar-refractivity contribution is 7.22. The van der Waals surface area contributed by atoms with Crippen LogP contribution in [0.2, 0.25) is 15.1 Å².